The van der Waals surface area contributed by atoms with Crippen LogP contribution in [0.1, 0.15) is 15.5 Å². The summed E-state index contributed by atoms with van der Waals surface area (Å²) in [6.45, 7) is 0.263. The van der Waals surface area contributed by atoms with Gasteiger partial charge in [0.25, 0.3) is 5.91 Å². The number of nitrogens with one attached hydrogen (secondary N) is 2. The Balaban J connectivity index is 1.80. The van der Waals surface area contributed by atoms with Crippen molar-refractivity contribution in [2.24, 2.45) is 0 Å². The monoisotopic (exact) mass is 307 g/mol. The number of H-pyrrole nitrogens is 1. The van der Waals surface area contributed by atoms with Gasteiger partial charge in [-0.05, 0) is 6.07 Å². The second-order valence-corrected chi connectivity index (χ2v) is 5.55. The van der Waals surface area contributed by atoms with Gasteiger partial charge < -0.3 is 16.0 Å². The van der Waals surface area contributed by atoms with Crippen LogP contribution in [0.15, 0.2) is 24.3 Å². The minimum atomic E-state index is -0.292. The molecule has 0 aliphatic heterocycles. The van der Waals surface area contributed by atoms with E-state index in [1.54, 1.807) is 0 Å². The lowest BCUT2D eigenvalue weighted by Crippen LogP contribution is -2.23. The van der Waals surface area contributed by atoms with Crippen LogP contribution < -0.4 is 11.1 Å². The molecule has 2 heterocycles. The van der Waals surface area contributed by atoms with Crippen LogP contribution in [0.3, 0.4) is 0 Å². The number of amides is 1. The van der Waals surface area contributed by atoms with Gasteiger partial charge in [0.1, 0.15) is 10.7 Å². The molecule has 0 saturated heterocycles. The number of halogens is 1. The number of fused-ring (bicyclic) bond motifs is 1. The molecule has 0 spiro atoms. The van der Waals surface area contributed by atoms with Crippen molar-refractivity contribution in [2.45, 2.75) is 6.54 Å². The smallest absolute Gasteiger partial charge is 0.269 e. The lowest BCUT2D eigenvalue weighted by atomic mass is 10.2. The summed E-state index contributed by atoms with van der Waals surface area (Å²) in [7, 11) is 0. The largest absolute Gasteiger partial charge is 0.374 e. The molecule has 0 aliphatic rings. The number of rotatable bonds is 3. The number of aromatic nitrogens is 3. The number of carbonyl (C=O) groups excluding carboxylic acids is 1. The number of nitrogens with zero attached hydrogens (tertiary/aromatic N) is 2. The molecule has 102 valence electrons. The van der Waals surface area contributed by atoms with Gasteiger partial charge in [-0.2, -0.15) is 0 Å². The summed E-state index contributed by atoms with van der Waals surface area (Å²) >= 11 is 7.43. The minimum absolute atomic E-state index is 0.263. The molecule has 0 radical (unpaired) electrons. The molecule has 0 aliphatic carbocycles. The normalized spacial score (nSPS) is 10.8. The third-order valence-electron chi connectivity index (χ3n) is 2.75. The highest BCUT2D eigenvalue weighted by molar-refractivity contribution is 7.15. The number of benzene rings is 1. The fourth-order valence-electron chi connectivity index (χ4n) is 1.85. The fraction of sp³-hybridized carbons (Fsp3) is 0.0833. The Morgan fingerprint density at radius 3 is 2.90 bits per heavy atom. The van der Waals surface area contributed by atoms with E-state index in [9.17, 15) is 4.79 Å². The van der Waals surface area contributed by atoms with Gasteiger partial charge in [0.15, 0.2) is 0 Å². The van der Waals surface area contributed by atoms with E-state index in [0.717, 1.165) is 10.9 Å². The van der Waals surface area contributed by atoms with E-state index < -0.39 is 0 Å². The molecule has 4 N–H and O–H groups in total. The number of nitrogen functional groups attached to an aromatic ring is 1. The summed E-state index contributed by atoms with van der Waals surface area (Å²) in [6, 6.07) is 7.47. The summed E-state index contributed by atoms with van der Waals surface area (Å²) in [6.07, 6.45) is 0. The Labute approximate surface area is 123 Å². The first-order chi connectivity index (χ1) is 9.65. The predicted octanol–water partition coefficient (Wildman–Crippen LogP) is 2.18. The third-order valence-corrected chi connectivity index (χ3v) is 3.90. The number of nitrogens with two attached hydrogens (primary N) is 1. The van der Waals surface area contributed by atoms with Gasteiger partial charge >= 0.3 is 0 Å². The highest BCUT2D eigenvalue weighted by atomic mass is 35.5. The summed E-state index contributed by atoms with van der Waals surface area (Å²) in [5.41, 5.74) is 6.64. The van der Waals surface area contributed by atoms with Gasteiger partial charge in [-0.15, -0.1) is 10.2 Å². The molecule has 0 fully saturated rings. The van der Waals surface area contributed by atoms with Crippen molar-refractivity contribution in [1.29, 1.82) is 0 Å². The third kappa shape index (κ3) is 2.33. The maximum atomic E-state index is 12.1. The Morgan fingerprint density at radius 2 is 2.20 bits per heavy atom. The SMILES string of the molecule is Nc1nnc(CNC(=O)c2[nH]c3ccccc3c2Cl)s1. The number of hydrogen-bond donors (Lipinski definition) is 3. The average Bonchev–Trinajstić information content (AvgIpc) is 3.01. The van der Waals surface area contributed by atoms with E-state index in [-0.39, 0.29) is 12.5 Å². The highest BCUT2D eigenvalue weighted by Crippen LogP contribution is 2.27. The Hall–Kier alpha value is -2.12. The molecule has 20 heavy (non-hydrogen) atoms. The lowest BCUT2D eigenvalue weighted by Gasteiger charge is -2.00. The van der Waals surface area contributed by atoms with Crippen LogP contribution in [0.4, 0.5) is 5.13 Å². The molecule has 3 aromatic rings. The second kappa shape index (κ2) is 5.10. The van der Waals surface area contributed by atoms with E-state index in [4.69, 9.17) is 17.3 Å². The van der Waals surface area contributed by atoms with E-state index in [1.165, 1.54) is 11.3 Å². The van der Waals surface area contributed by atoms with Crippen molar-refractivity contribution in [2.75, 3.05) is 5.73 Å². The highest BCUT2D eigenvalue weighted by Gasteiger charge is 2.16. The van der Waals surface area contributed by atoms with Crippen molar-refractivity contribution in [3.63, 3.8) is 0 Å². The molecule has 1 aromatic carbocycles. The molecule has 0 bridgehead atoms. The van der Waals surface area contributed by atoms with Crippen molar-refractivity contribution in [1.82, 2.24) is 20.5 Å². The number of anilines is 1. The standard InChI is InChI=1S/C12H10ClN5OS/c13-9-6-3-1-2-4-7(6)16-10(9)11(19)15-5-8-17-18-12(14)20-8/h1-4,16H,5H2,(H2,14,18)(H,15,19). The van der Waals surface area contributed by atoms with E-state index >= 15 is 0 Å². The molecule has 0 unspecified atom stereocenters. The van der Waals surface area contributed by atoms with Gasteiger partial charge in [0.05, 0.1) is 11.6 Å². The molecule has 3 rings (SSSR count). The summed E-state index contributed by atoms with van der Waals surface area (Å²) in [4.78, 5) is 15.1. The second-order valence-electron chi connectivity index (χ2n) is 4.08. The van der Waals surface area contributed by atoms with Gasteiger partial charge in [-0.1, -0.05) is 41.1 Å². The zero-order valence-electron chi connectivity index (χ0n) is 10.2. The van der Waals surface area contributed by atoms with Crippen molar-refractivity contribution in [3.8, 4) is 0 Å². The fourth-order valence-corrected chi connectivity index (χ4v) is 2.69. The zero-order chi connectivity index (χ0) is 14.1. The minimum Gasteiger partial charge on any atom is -0.374 e. The van der Waals surface area contributed by atoms with Crippen LogP contribution in [0.2, 0.25) is 5.02 Å². The van der Waals surface area contributed by atoms with Gasteiger partial charge in [-0.25, -0.2) is 0 Å². The Morgan fingerprint density at radius 1 is 1.40 bits per heavy atom. The van der Waals surface area contributed by atoms with Crippen LogP contribution in [0, 0.1) is 0 Å². The first kappa shape index (κ1) is 12.9. The number of carbonyl (C=O) groups is 1. The molecular weight excluding hydrogens is 298 g/mol. The molecule has 0 saturated carbocycles. The van der Waals surface area contributed by atoms with Crippen molar-refractivity contribution in [3.05, 3.63) is 40.0 Å². The van der Waals surface area contributed by atoms with Crippen molar-refractivity contribution < 1.29 is 4.79 Å². The van der Waals surface area contributed by atoms with Crippen LogP contribution in [0.25, 0.3) is 10.9 Å². The first-order valence-corrected chi connectivity index (χ1v) is 6.97. The van der Waals surface area contributed by atoms with Gasteiger partial charge in [0.2, 0.25) is 5.13 Å². The number of aromatic amines is 1. The van der Waals surface area contributed by atoms with Crippen LogP contribution in [-0.2, 0) is 6.54 Å². The average molecular weight is 308 g/mol. The van der Waals surface area contributed by atoms with Crippen LogP contribution in [-0.4, -0.2) is 21.1 Å². The molecule has 0 atom stereocenters. The topological polar surface area (TPSA) is 96.7 Å². The number of para-hydroxylation sites is 1. The molecular formula is C12H10ClN5OS. The number of hydrogen-bond acceptors (Lipinski definition) is 5. The van der Waals surface area contributed by atoms with Crippen LogP contribution in [0.5, 0.6) is 0 Å². The van der Waals surface area contributed by atoms with E-state index in [2.05, 4.69) is 20.5 Å². The van der Waals surface area contributed by atoms with E-state index in [0.29, 0.717) is 20.9 Å². The summed E-state index contributed by atoms with van der Waals surface area (Å²) in [5, 5.41) is 12.5. The molecule has 8 heteroatoms. The summed E-state index contributed by atoms with van der Waals surface area (Å²) < 4.78 is 0. The molecule has 2 aromatic heterocycles. The maximum Gasteiger partial charge on any atom is 0.269 e. The van der Waals surface area contributed by atoms with E-state index in [1.807, 2.05) is 24.3 Å². The first-order valence-electron chi connectivity index (χ1n) is 5.77. The Kier molecular flexibility index (Phi) is 3.29. The summed E-state index contributed by atoms with van der Waals surface area (Å²) in [5.74, 6) is -0.292. The lowest BCUT2D eigenvalue weighted by molar-refractivity contribution is 0.0947. The van der Waals surface area contributed by atoms with Crippen molar-refractivity contribution >= 4 is 44.9 Å². The Bertz CT molecular complexity index is 781. The molecule has 6 nitrogen and oxygen atoms in total. The molecule has 1 amide bonds. The zero-order valence-corrected chi connectivity index (χ0v) is 11.8. The predicted molar refractivity (Wildman–Crippen MR) is 78.8 cm³/mol. The van der Waals surface area contributed by atoms with Gasteiger partial charge in [0, 0.05) is 10.9 Å². The quantitative estimate of drug-likeness (QED) is 0.691. The maximum absolute atomic E-state index is 12.1. The van der Waals surface area contributed by atoms with Crippen LogP contribution >= 0.6 is 22.9 Å². The van der Waals surface area contributed by atoms with Gasteiger partial charge in [-0.3, -0.25) is 4.79 Å².